The summed E-state index contributed by atoms with van der Waals surface area (Å²) in [5.41, 5.74) is 2.77. The van der Waals surface area contributed by atoms with Gasteiger partial charge < -0.3 is 15.0 Å². The van der Waals surface area contributed by atoms with Gasteiger partial charge in [0.1, 0.15) is 11.5 Å². The quantitative estimate of drug-likeness (QED) is 0.645. The van der Waals surface area contributed by atoms with Gasteiger partial charge in [0.2, 0.25) is 0 Å². The van der Waals surface area contributed by atoms with Crippen molar-refractivity contribution in [3.05, 3.63) is 56.9 Å². The lowest BCUT2D eigenvalue weighted by Gasteiger charge is -2.09. The summed E-state index contributed by atoms with van der Waals surface area (Å²) in [6.07, 6.45) is 1.46. The number of amides is 1. The van der Waals surface area contributed by atoms with E-state index in [0.717, 1.165) is 18.7 Å². The Morgan fingerprint density at radius 2 is 2.03 bits per heavy atom. The first kappa shape index (κ1) is 19.9. The molecule has 30 heavy (non-hydrogen) atoms. The molecule has 1 aliphatic heterocycles. The summed E-state index contributed by atoms with van der Waals surface area (Å²) in [5.74, 6) is -0.0516. The van der Waals surface area contributed by atoms with E-state index >= 15 is 0 Å². The first-order valence-electron chi connectivity index (χ1n) is 10.0. The van der Waals surface area contributed by atoms with E-state index in [-0.39, 0.29) is 17.4 Å². The number of esters is 1. The van der Waals surface area contributed by atoms with Crippen LogP contribution in [0.15, 0.2) is 23.0 Å². The Hall–Kier alpha value is -3.42. The highest BCUT2D eigenvalue weighted by molar-refractivity contribution is 6.07. The molecule has 0 unspecified atom stereocenters. The van der Waals surface area contributed by atoms with Gasteiger partial charge in [0.25, 0.3) is 11.5 Å². The van der Waals surface area contributed by atoms with Gasteiger partial charge in [0, 0.05) is 24.3 Å². The average Bonchev–Trinajstić information content (AvgIpc) is 3.26. The van der Waals surface area contributed by atoms with Crippen LogP contribution in [0.4, 0.5) is 5.69 Å². The molecule has 0 atom stereocenters. The third-order valence-corrected chi connectivity index (χ3v) is 5.28. The summed E-state index contributed by atoms with van der Waals surface area (Å²) in [4.78, 5) is 45.5. The minimum Gasteiger partial charge on any atom is -0.459 e. The van der Waals surface area contributed by atoms with E-state index in [9.17, 15) is 14.4 Å². The minimum absolute atomic E-state index is 0.0887. The first-order valence-corrected chi connectivity index (χ1v) is 10.0. The van der Waals surface area contributed by atoms with Crippen molar-refractivity contribution in [3.8, 4) is 0 Å². The van der Waals surface area contributed by atoms with E-state index in [4.69, 9.17) is 4.74 Å². The molecule has 0 radical (unpaired) electrons. The van der Waals surface area contributed by atoms with Crippen LogP contribution in [-0.2, 0) is 17.7 Å². The summed E-state index contributed by atoms with van der Waals surface area (Å²) >= 11 is 0. The normalized spacial score (nSPS) is 13.0. The number of aromatic amines is 1. The van der Waals surface area contributed by atoms with Gasteiger partial charge in [-0.1, -0.05) is 0 Å². The Balaban J connectivity index is 1.64. The molecule has 0 saturated carbocycles. The van der Waals surface area contributed by atoms with E-state index in [1.165, 1.54) is 0 Å². The van der Waals surface area contributed by atoms with Crippen LogP contribution in [0.25, 0.3) is 10.9 Å². The predicted octanol–water partition coefficient (Wildman–Crippen LogP) is 3.11. The summed E-state index contributed by atoms with van der Waals surface area (Å²) < 4.78 is 6.97. The van der Waals surface area contributed by atoms with Crippen molar-refractivity contribution in [2.45, 2.75) is 53.2 Å². The SMILES string of the molecule is Cc1[nH]c(C(=O)Nc2ccc3nc4n(c(=O)c3c2)CCC4)c(C)c1C(=O)OC(C)C. The highest BCUT2D eigenvalue weighted by atomic mass is 16.5. The molecule has 1 aromatic carbocycles. The Morgan fingerprint density at radius 3 is 2.77 bits per heavy atom. The maximum absolute atomic E-state index is 12.9. The number of H-pyrrole nitrogens is 1. The Bertz CT molecular complexity index is 1240. The molecule has 3 heterocycles. The lowest BCUT2D eigenvalue weighted by molar-refractivity contribution is 0.0376. The van der Waals surface area contributed by atoms with Crippen molar-refractivity contribution in [2.75, 3.05) is 5.32 Å². The van der Waals surface area contributed by atoms with E-state index in [0.29, 0.717) is 40.0 Å². The van der Waals surface area contributed by atoms with Gasteiger partial charge in [-0.2, -0.15) is 0 Å². The lowest BCUT2D eigenvalue weighted by Crippen LogP contribution is -2.21. The van der Waals surface area contributed by atoms with Crippen molar-refractivity contribution in [1.29, 1.82) is 0 Å². The van der Waals surface area contributed by atoms with E-state index in [1.807, 2.05) is 0 Å². The van der Waals surface area contributed by atoms with Crippen LogP contribution >= 0.6 is 0 Å². The number of rotatable bonds is 4. The number of benzene rings is 1. The maximum Gasteiger partial charge on any atom is 0.340 e. The molecule has 156 valence electrons. The largest absolute Gasteiger partial charge is 0.459 e. The molecule has 8 heteroatoms. The molecular formula is C22H24N4O4. The van der Waals surface area contributed by atoms with Gasteiger partial charge in [-0.05, 0) is 57.9 Å². The van der Waals surface area contributed by atoms with Gasteiger partial charge in [0.15, 0.2) is 0 Å². The van der Waals surface area contributed by atoms with Crippen LogP contribution in [0.5, 0.6) is 0 Å². The number of hydrogen-bond acceptors (Lipinski definition) is 5. The number of fused-ring (bicyclic) bond motifs is 2. The molecule has 8 nitrogen and oxygen atoms in total. The van der Waals surface area contributed by atoms with Gasteiger partial charge in [-0.3, -0.25) is 14.2 Å². The average molecular weight is 408 g/mol. The van der Waals surface area contributed by atoms with Crippen LogP contribution < -0.4 is 10.9 Å². The Kier molecular flexibility index (Phi) is 4.93. The van der Waals surface area contributed by atoms with Crippen molar-refractivity contribution < 1.29 is 14.3 Å². The summed E-state index contributed by atoms with van der Waals surface area (Å²) in [6, 6.07) is 5.11. The van der Waals surface area contributed by atoms with E-state index in [2.05, 4.69) is 15.3 Å². The zero-order valence-electron chi connectivity index (χ0n) is 17.5. The molecule has 4 rings (SSSR count). The smallest absolute Gasteiger partial charge is 0.340 e. The van der Waals surface area contributed by atoms with Crippen molar-refractivity contribution >= 4 is 28.5 Å². The molecule has 2 N–H and O–H groups in total. The summed E-state index contributed by atoms with van der Waals surface area (Å²) in [7, 11) is 0. The zero-order valence-corrected chi connectivity index (χ0v) is 17.5. The van der Waals surface area contributed by atoms with Crippen LogP contribution in [0, 0.1) is 13.8 Å². The third kappa shape index (κ3) is 3.38. The number of carbonyl (C=O) groups is 2. The number of hydrogen-bond donors (Lipinski definition) is 2. The fourth-order valence-corrected chi connectivity index (χ4v) is 3.91. The molecule has 0 fully saturated rings. The number of nitrogens with one attached hydrogen (secondary N) is 2. The van der Waals surface area contributed by atoms with Gasteiger partial charge in [-0.25, -0.2) is 9.78 Å². The predicted molar refractivity (Wildman–Crippen MR) is 113 cm³/mol. The van der Waals surface area contributed by atoms with Crippen LogP contribution in [0.2, 0.25) is 0 Å². The van der Waals surface area contributed by atoms with Crippen molar-refractivity contribution in [3.63, 3.8) is 0 Å². The number of anilines is 1. The maximum atomic E-state index is 12.9. The molecule has 1 aliphatic rings. The third-order valence-electron chi connectivity index (χ3n) is 5.28. The van der Waals surface area contributed by atoms with Crippen molar-refractivity contribution in [2.24, 2.45) is 0 Å². The van der Waals surface area contributed by atoms with Gasteiger partial charge in [0.05, 0.1) is 22.6 Å². The second-order valence-electron chi connectivity index (χ2n) is 7.85. The second-order valence-corrected chi connectivity index (χ2v) is 7.85. The molecular weight excluding hydrogens is 384 g/mol. The standard InChI is InChI=1S/C22H24N4O4/c1-11(2)30-22(29)18-12(3)19(23-13(18)4)20(27)24-14-7-8-16-15(10-14)21(28)26-9-5-6-17(26)25-16/h7-8,10-11,23H,5-6,9H2,1-4H3,(H,24,27). The highest BCUT2D eigenvalue weighted by Crippen LogP contribution is 2.22. The molecule has 1 amide bonds. The summed E-state index contributed by atoms with van der Waals surface area (Å²) in [5, 5.41) is 3.28. The topological polar surface area (TPSA) is 106 Å². The summed E-state index contributed by atoms with van der Waals surface area (Å²) in [6.45, 7) is 7.65. The van der Waals surface area contributed by atoms with Crippen molar-refractivity contribution in [1.82, 2.24) is 14.5 Å². The van der Waals surface area contributed by atoms with Crippen LogP contribution in [0.3, 0.4) is 0 Å². The first-order chi connectivity index (χ1) is 14.3. The highest BCUT2D eigenvalue weighted by Gasteiger charge is 2.24. The molecule has 0 saturated heterocycles. The number of aromatic nitrogens is 3. The minimum atomic E-state index is -0.464. The van der Waals surface area contributed by atoms with Crippen LogP contribution in [0.1, 0.15) is 58.2 Å². The Morgan fingerprint density at radius 1 is 1.27 bits per heavy atom. The molecule has 2 aromatic heterocycles. The zero-order chi connectivity index (χ0) is 21.6. The monoisotopic (exact) mass is 408 g/mol. The van der Waals surface area contributed by atoms with Crippen LogP contribution in [-0.4, -0.2) is 32.5 Å². The molecule has 0 spiro atoms. The number of ether oxygens (including phenoxy) is 1. The molecule has 3 aromatic rings. The number of carbonyl (C=O) groups excluding carboxylic acids is 2. The second kappa shape index (κ2) is 7.44. The van der Waals surface area contributed by atoms with Gasteiger partial charge >= 0.3 is 5.97 Å². The van der Waals surface area contributed by atoms with E-state index < -0.39 is 11.9 Å². The lowest BCUT2D eigenvalue weighted by atomic mass is 10.1. The van der Waals surface area contributed by atoms with Gasteiger partial charge in [-0.15, -0.1) is 0 Å². The van der Waals surface area contributed by atoms with E-state index in [1.54, 1.807) is 50.5 Å². The fraction of sp³-hybridized carbons (Fsp3) is 0.364. The molecule has 0 bridgehead atoms. The Labute approximate surface area is 173 Å². The number of aryl methyl sites for hydroxylation is 2. The number of nitrogens with zero attached hydrogens (tertiary/aromatic N) is 2. The molecule has 0 aliphatic carbocycles. The fourth-order valence-electron chi connectivity index (χ4n) is 3.91.